The van der Waals surface area contributed by atoms with E-state index in [-0.39, 0.29) is 35.7 Å². The van der Waals surface area contributed by atoms with E-state index in [9.17, 15) is 14.0 Å². The molecule has 1 aromatic carbocycles. The highest BCUT2D eigenvalue weighted by molar-refractivity contribution is 5.96. The Balaban J connectivity index is 1.75. The van der Waals surface area contributed by atoms with Crippen LogP contribution in [-0.4, -0.2) is 24.9 Å². The second-order valence-corrected chi connectivity index (χ2v) is 5.52. The minimum atomic E-state index is -0.379. The number of carbonyl (C=O) groups excluding carboxylic acids is 2. The van der Waals surface area contributed by atoms with Crippen LogP contribution in [0, 0.1) is 11.7 Å². The third kappa shape index (κ3) is 2.90. The second kappa shape index (κ2) is 5.81. The third-order valence-electron chi connectivity index (χ3n) is 4.08. The summed E-state index contributed by atoms with van der Waals surface area (Å²) < 4.78 is 14.4. The molecule has 1 unspecified atom stereocenters. The zero-order chi connectivity index (χ0) is 14.8. The summed E-state index contributed by atoms with van der Waals surface area (Å²) in [6.07, 6.45) is 1.38. The fourth-order valence-electron chi connectivity index (χ4n) is 2.87. The van der Waals surface area contributed by atoms with Crippen molar-refractivity contribution in [3.63, 3.8) is 0 Å². The SMILES string of the molecule is O=C1CC(C(=O)Nc2ccc3c(c2F)CCNC3)CCN1. The molecule has 1 fully saturated rings. The van der Waals surface area contributed by atoms with Gasteiger partial charge >= 0.3 is 0 Å². The first kappa shape index (κ1) is 14.0. The summed E-state index contributed by atoms with van der Waals surface area (Å²) in [4.78, 5) is 23.5. The number of amides is 2. The van der Waals surface area contributed by atoms with E-state index in [1.165, 1.54) is 0 Å². The van der Waals surface area contributed by atoms with Crippen molar-refractivity contribution in [2.75, 3.05) is 18.4 Å². The number of carbonyl (C=O) groups is 2. The molecule has 3 rings (SSSR count). The van der Waals surface area contributed by atoms with E-state index in [0.717, 1.165) is 12.1 Å². The van der Waals surface area contributed by atoms with Crippen molar-refractivity contribution >= 4 is 17.5 Å². The number of benzene rings is 1. The molecule has 112 valence electrons. The van der Waals surface area contributed by atoms with Gasteiger partial charge in [0, 0.05) is 25.4 Å². The van der Waals surface area contributed by atoms with Crippen molar-refractivity contribution in [3.8, 4) is 0 Å². The number of hydrogen-bond donors (Lipinski definition) is 3. The second-order valence-electron chi connectivity index (χ2n) is 5.52. The fourth-order valence-corrected chi connectivity index (χ4v) is 2.87. The summed E-state index contributed by atoms with van der Waals surface area (Å²) in [5.74, 6) is -1.13. The maximum atomic E-state index is 14.4. The number of nitrogens with one attached hydrogen (secondary N) is 3. The standard InChI is InChI=1S/C15H18FN3O2/c16-14-11-4-5-17-8-10(11)1-2-12(14)19-15(21)9-3-6-18-13(20)7-9/h1-2,9,17H,3-8H2,(H,18,20)(H,19,21). The summed E-state index contributed by atoms with van der Waals surface area (Å²) in [5.41, 5.74) is 1.83. The van der Waals surface area contributed by atoms with Crippen LogP contribution in [0.15, 0.2) is 12.1 Å². The van der Waals surface area contributed by atoms with Gasteiger partial charge in [0.2, 0.25) is 11.8 Å². The molecule has 2 aliphatic heterocycles. The molecule has 0 bridgehead atoms. The van der Waals surface area contributed by atoms with Crippen molar-refractivity contribution in [2.24, 2.45) is 5.92 Å². The van der Waals surface area contributed by atoms with Crippen molar-refractivity contribution < 1.29 is 14.0 Å². The first-order chi connectivity index (χ1) is 10.1. The Morgan fingerprint density at radius 2 is 2.19 bits per heavy atom. The van der Waals surface area contributed by atoms with E-state index in [4.69, 9.17) is 0 Å². The Hall–Kier alpha value is -1.95. The first-order valence-electron chi connectivity index (χ1n) is 7.23. The van der Waals surface area contributed by atoms with Crippen LogP contribution in [0.2, 0.25) is 0 Å². The molecule has 2 aliphatic rings. The highest BCUT2D eigenvalue weighted by Crippen LogP contribution is 2.25. The highest BCUT2D eigenvalue weighted by atomic mass is 19.1. The average Bonchev–Trinajstić information content (AvgIpc) is 2.50. The minimum Gasteiger partial charge on any atom is -0.356 e. The quantitative estimate of drug-likeness (QED) is 0.759. The van der Waals surface area contributed by atoms with Gasteiger partial charge in [-0.3, -0.25) is 9.59 Å². The third-order valence-corrected chi connectivity index (χ3v) is 4.08. The normalized spacial score (nSPS) is 21.4. The molecule has 0 spiro atoms. The van der Waals surface area contributed by atoms with E-state index >= 15 is 0 Å². The predicted molar refractivity (Wildman–Crippen MR) is 76.2 cm³/mol. The maximum Gasteiger partial charge on any atom is 0.228 e. The van der Waals surface area contributed by atoms with Gasteiger partial charge in [-0.05, 0) is 36.6 Å². The summed E-state index contributed by atoms with van der Waals surface area (Å²) in [7, 11) is 0. The topological polar surface area (TPSA) is 70.2 Å². The lowest BCUT2D eigenvalue weighted by Gasteiger charge is -2.23. The van der Waals surface area contributed by atoms with E-state index < -0.39 is 0 Å². The Bertz CT molecular complexity index is 589. The Morgan fingerprint density at radius 1 is 1.33 bits per heavy atom. The number of anilines is 1. The maximum absolute atomic E-state index is 14.4. The molecule has 1 saturated heterocycles. The molecule has 1 atom stereocenters. The van der Waals surface area contributed by atoms with Gasteiger partial charge in [-0.1, -0.05) is 6.07 Å². The molecular formula is C15H18FN3O2. The van der Waals surface area contributed by atoms with Gasteiger partial charge in [0.25, 0.3) is 0 Å². The predicted octanol–water partition coefficient (Wildman–Crippen LogP) is 0.936. The van der Waals surface area contributed by atoms with Crippen LogP contribution in [0.1, 0.15) is 24.0 Å². The lowest BCUT2D eigenvalue weighted by atomic mass is 9.96. The smallest absolute Gasteiger partial charge is 0.228 e. The Morgan fingerprint density at radius 3 is 3.00 bits per heavy atom. The molecule has 0 radical (unpaired) electrons. The Kier molecular flexibility index (Phi) is 3.88. The van der Waals surface area contributed by atoms with Gasteiger partial charge in [-0.25, -0.2) is 4.39 Å². The van der Waals surface area contributed by atoms with Crippen LogP contribution >= 0.6 is 0 Å². The molecule has 3 N–H and O–H groups in total. The van der Waals surface area contributed by atoms with Crippen molar-refractivity contribution in [2.45, 2.75) is 25.8 Å². The summed E-state index contributed by atoms with van der Waals surface area (Å²) in [6, 6.07) is 3.44. The lowest BCUT2D eigenvalue weighted by molar-refractivity contribution is -0.129. The number of fused-ring (bicyclic) bond motifs is 1. The van der Waals surface area contributed by atoms with Crippen LogP contribution in [-0.2, 0) is 22.6 Å². The van der Waals surface area contributed by atoms with E-state index in [1.807, 2.05) is 6.07 Å². The van der Waals surface area contributed by atoms with Gasteiger partial charge in [-0.15, -0.1) is 0 Å². The van der Waals surface area contributed by atoms with Gasteiger partial charge < -0.3 is 16.0 Å². The first-order valence-corrected chi connectivity index (χ1v) is 7.23. The van der Waals surface area contributed by atoms with Gasteiger partial charge in [0.05, 0.1) is 5.69 Å². The van der Waals surface area contributed by atoms with Crippen LogP contribution in [0.4, 0.5) is 10.1 Å². The highest BCUT2D eigenvalue weighted by Gasteiger charge is 2.26. The van der Waals surface area contributed by atoms with Crippen LogP contribution in [0.5, 0.6) is 0 Å². The molecule has 1 aromatic rings. The van der Waals surface area contributed by atoms with Gasteiger partial charge in [0.1, 0.15) is 5.82 Å². The van der Waals surface area contributed by atoms with Crippen molar-refractivity contribution in [1.29, 1.82) is 0 Å². The lowest BCUT2D eigenvalue weighted by Crippen LogP contribution is -2.38. The average molecular weight is 291 g/mol. The molecule has 21 heavy (non-hydrogen) atoms. The van der Waals surface area contributed by atoms with Crippen LogP contribution < -0.4 is 16.0 Å². The van der Waals surface area contributed by atoms with Gasteiger partial charge in [0.15, 0.2) is 0 Å². The monoisotopic (exact) mass is 291 g/mol. The number of piperidine rings is 1. The summed E-state index contributed by atoms with van der Waals surface area (Å²) in [6.45, 7) is 1.89. The molecular weight excluding hydrogens is 273 g/mol. The summed E-state index contributed by atoms with van der Waals surface area (Å²) in [5, 5.41) is 8.51. The number of hydrogen-bond acceptors (Lipinski definition) is 3. The molecule has 5 nitrogen and oxygen atoms in total. The van der Waals surface area contributed by atoms with Crippen LogP contribution in [0.25, 0.3) is 0 Å². The largest absolute Gasteiger partial charge is 0.356 e. The molecule has 0 saturated carbocycles. The van der Waals surface area contributed by atoms with Gasteiger partial charge in [-0.2, -0.15) is 0 Å². The summed E-state index contributed by atoms with van der Waals surface area (Å²) >= 11 is 0. The van der Waals surface area contributed by atoms with E-state index in [2.05, 4.69) is 16.0 Å². The molecule has 6 heteroatoms. The van der Waals surface area contributed by atoms with Crippen LogP contribution in [0.3, 0.4) is 0 Å². The number of halogens is 1. The minimum absolute atomic E-state index is 0.126. The van der Waals surface area contributed by atoms with E-state index in [0.29, 0.717) is 31.5 Å². The zero-order valence-electron chi connectivity index (χ0n) is 11.7. The number of rotatable bonds is 2. The molecule has 2 amide bonds. The van der Waals surface area contributed by atoms with E-state index in [1.54, 1.807) is 6.07 Å². The van der Waals surface area contributed by atoms with Crippen molar-refractivity contribution in [1.82, 2.24) is 10.6 Å². The Labute approximate surface area is 122 Å². The molecule has 0 aromatic heterocycles. The molecule has 0 aliphatic carbocycles. The van der Waals surface area contributed by atoms with Crippen molar-refractivity contribution in [3.05, 3.63) is 29.1 Å². The fraction of sp³-hybridized carbons (Fsp3) is 0.467. The molecule has 2 heterocycles. The zero-order valence-corrected chi connectivity index (χ0v) is 11.7.